The molecule has 1 aromatic rings. The first-order valence-corrected chi connectivity index (χ1v) is 5.83. The van der Waals surface area contributed by atoms with Crippen LogP contribution in [0.2, 0.25) is 0 Å². The number of thiophene rings is 1. The van der Waals surface area contributed by atoms with Gasteiger partial charge in [0.15, 0.2) is 0 Å². The summed E-state index contributed by atoms with van der Waals surface area (Å²) in [7, 11) is 0. The molecule has 0 unspecified atom stereocenters. The van der Waals surface area contributed by atoms with Crippen LogP contribution in [-0.2, 0) is 4.79 Å². The maximum absolute atomic E-state index is 11.9. The van der Waals surface area contributed by atoms with Crippen molar-refractivity contribution in [3.05, 3.63) is 17.0 Å². The van der Waals surface area contributed by atoms with E-state index in [-0.39, 0.29) is 5.91 Å². The number of rotatable bonds is 2. The van der Waals surface area contributed by atoms with Crippen molar-refractivity contribution in [2.24, 2.45) is 5.41 Å². The lowest BCUT2D eigenvalue weighted by Crippen LogP contribution is -2.40. The van der Waals surface area contributed by atoms with Crippen molar-refractivity contribution in [3.8, 4) is 6.07 Å². The second-order valence-electron chi connectivity index (χ2n) is 3.93. The Morgan fingerprint density at radius 3 is 2.80 bits per heavy atom. The van der Waals surface area contributed by atoms with Crippen LogP contribution in [0, 0.1) is 23.7 Å². The molecule has 0 atom stereocenters. The molecule has 78 valence electrons. The normalized spacial score (nSPS) is 17.6. The molecule has 1 aromatic heterocycles. The highest BCUT2D eigenvalue weighted by molar-refractivity contribution is 7.14. The molecule has 0 radical (unpaired) electrons. The summed E-state index contributed by atoms with van der Waals surface area (Å²) in [6.07, 6.45) is 2.36. The Kier molecular flexibility index (Phi) is 2.49. The fraction of sp³-hybridized carbons (Fsp3) is 0.455. The van der Waals surface area contributed by atoms with Crippen molar-refractivity contribution in [1.29, 1.82) is 5.26 Å². The third-order valence-electron chi connectivity index (χ3n) is 2.94. The Balaban J connectivity index is 2.11. The van der Waals surface area contributed by atoms with Crippen molar-refractivity contribution < 1.29 is 4.79 Å². The lowest BCUT2D eigenvalue weighted by atomic mass is 9.69. The topological polar surface area (TPSA) is 52.9 Å². The van der Waals surface area contributed by atoms with Crippen LogP contribution in [0.1, 0.15) is 24.8 Å². The van der Waals surface area contributed by atoms with Crippen LogP contribution in [0.15, 0.2) is 11.4 Å². The highest BCUT2D eigenvalue weighted by Gasteiger charge is 2.44. The Morgan fingerprint density at radius 2 is 2.40 bits per heavy atom. The largest absolute Gasteiger partial charge is 0.316 e. The van der Waals surface area contributed by atoms with Gasteiger partial charge < -0.3 is 5.32 Å². The predicted molar refractivity (Wildman–Crippen MR) is 59.6 cm³/mol. The third-order valence-corrected chi connectivity index (χ3v) is 3.88. The molecule has 1 heterocycles. The fourth-order valence-electron chi connectivity index (χ4n) is 1.64. The van der Waals surface area contributed by atoms with Gasteiger partial charge in [0.1, 0.15) is 5.41 Å². The molecule has 1 N–H and O–H groups in total. The number of nitriles is 1. The molecule has 1 saturated carbocycles. The van der Waals surface area contributed by atoms with Gasteiger partial charge >= 0.3 is 0 Å². The first-order valence-electron chi connectivity index (χ1n) is 4.95. The lowest BCUT2D eigenvalue weighted by Gasteiger charge is -2.33. The van der Waals surface area contributed by atoms with Crippen molar-refractivity contribution in [1.82, 2.24) is 0 Å². The molecular weight excluding hydrogens is 208 g/mol. The van der Waals surface area contributed by atoms with Gasteiger partial charge in [-0.05, 0) is 43.2 Å². The number of hydrogen-bond donors (Lipinski definition) is 1. The minimum absolute atomic E-state index is 0.137. The van der Waals surface area contributed by atoms with Crippen LogP contribution in [0.25, 0.3) is 0 Å². The van der Waals surface area contributed by atoms with Gasteiger partial charge in [0.25, 0.3) is 0 Å². The number of nitrogens with one attached hydrogen (secondary N) is 1. The molecule has 15 heavy (non-hydrogen) atoms. The van der Waals surface area contributed by atoms with E-state index in [1.165, 1.54) is 11.3 Å². The summed E-state index contributed by atoms with van der Waals surface area (Å²) in [6, 6.07) is 4.10. The van der Waals surface area contributed by atoms with E-state index in [0.29, 0.717) is 12.8 Å². The number of carbonyl (C=O) groups is 1. The lowest BCUT2D eigenvalue weighted by molar-refractivity contribution is -0.126. The van der Waals surface area contributed by atoms with Crippen molar-refractivity contribution in [2.75, 3.05) is 5.32 Å². The zero-order chi connectivity index (χ0) is 10.9. The van der Waals surface area contributed by atoms with Crippen LogP contribution < -0.4 is 5.32 Å². The van der Waals surface area contributed by atoms with Crippen molar-refractivity contribution in [2.45, 2.75) is 26.2 Å². The number of anilines is 1. The quantitative estimate of drug-likeness (QED) is 0.833. The molecule has 1 aliphatic carbocycles. The average molecular weight is 220 g/mol. The molecule has 0 aromatic carbocycles. The Hall–Kier alpha value is -1.34. The molecule has 1 amide bonds. The molecule has 0 aliphatic heterocycles. The summed E-state index contributed by atoms with van der Waals surface area (Å²) in [4.78, 5) is 11.9. The molecule has 1 aliphatic rings. The van der Waals surface area contributed by atoms with Crippen LogP contribution in [0.5, 0.6) is 0 Å². The monoisotopic (exact) mass is 220 g/mol. The molecule has 4 heteroatoms. The Morgan fingerprint density at radius 1 is 1.67 bits per heavy atom. The first kappa shape index (κ1) is 10.2. The van der Waals surface area contributed by atoms with E-state index in [2.05, 4.69) is 11.4 Å². The number of hydrogen-bond acceptors (Lipinski definition) is 3. The maximum Gasteiger partial charge on any atom is 0.245 e. The standard InChI is InChI=1S/C11H12N2OS/c1-8-3-6-15-9(8)13-10(14)11(7-12)4-2-5-11/h3,6H,2,4-5H2,1H3,(H,13,14). The maximum atomic E-state index is 11.9. The summed E-state index contributed by atoms with van der Waals surface area (Å²) in [5.74, 6) is -0.137. The van der Waals surface area contributed by atoms with E-state index in [1.54, 1.807) is 0 Å². The van der Waals surface area contributed by atoms with Crippen molar-refractivity contribution in [3.63, 3.8) is 0 Å². The highest BCUT2D eigenvalue weighted by atomic mass is 32.1. The summed E-state index contributed by atoms with van der Waals surface area (Å²) in [5, 5.41) is 14.6. The van der Waals surface area contributed by atoms with Crippen LogP contribution in [0.3, 0.4) is 0 Å². The molecule has 0 saturated heterocycles. The van der Waals surface area contributed by atoms with Gasteiger partial charge in [0, 0.05) is 0 Å². The van der Waals surface area contributed by atoms with Gasteiger partial charge in [0.05, 0.1) is 11.1 Å². The van der Waals surface area contributed by atoms with Crippen LogP contribution in [0.4, 0.5) is 5.00 Å². The third kappa shape index (κ3) is 1.64. The number of nitrogens with zero attached hydrogens (tertiary/aromatic N) is 1. The van der Waals surface area contributed by atoms with Crippen LogP contribution in [-0.4, -0.2) is 5.91 Å². The molecule has 0 spiro atoms. The van der Waals surface area contributed by atoms with Gasteiger partial charge in [-0.25, -0.2) is 0 Å². The fourth-order valence-corrected chi connectivity index (χ4v) is 2.46. The van der Waals surface area contributed by atoms with E-state index >= 15 is 0 Å². The number of amides is 1. The molecule has 0 bridgehead atoms. The summed E-state index contributed by atoms with van der Waals surface area (Å²) in [5.41, 5.74) is 0.303. The predicted octanol–water partition coefficient (Wildman–Crippen LogP) is 2.69. The van der Waals surface area contributed by atoms with E-state index in [1.807, 2.05) is 18.4 Å². The Bertz CT molecular complexity index is 426. The van der Waals surface area contributed by atoms with E-state index in [0.717, 1.165) is 17.0 Å². The van der Waals surface area contributed by atoms with Gasteiger partial charge in [-0.3, -0.25) is 4.79 Å². The summed E-state index contributed by atoms with van der Waals surface area (Å²) in [6.45, 7) is 1.95. The molecule has 3 nitrogen and oxygen atoms in total. The molecule has 2 rings (SSSR count). The molecule has 1 fully saturated rings. The number of aryl methyl sites for hydroxylation is 1. The van der Waals surface area contributed by atoms with E-state index in [4.69, 9.17) is 5.26 Å². The second kappa shape index (κ2) is 3.67. The Labute approximate surface area is 92.7 Å². The van der Waals surface area contributed by atoms with Gasteiger partial charge in [-0.2, -0.15) is 5.26 Å². The number of carbonyl (C=O) groups excluding carboxylic acids is 1. The average Bonchev–Trinajstić information content (AvgIpc) is 2.51. The minimum atomic E-state index is -0.754. The van der Waals surface area contributed by atoms with Crippen molar-refractivity contribution >= 4 is 22.2 Å². The zero-order valence-electron chi connectivity index (χ0n) is 8.54. The van der Waals surface area contributed by atoms with Gasteiger partial charge in [-0.1, -0.05) is 0 Å². The SMILES string of the molecule is Cc1ccsc1NC(=O)C1(C#N)CCC1. The second-order valence-corrected chi connectivity index (χ2v) is 4.85. The smallest absolute Gasteiger partial charge is 0.245 e. The van der Waals surface area contributed by atoms with Crippen LogP contribution >= 0.6 is 11.3 Å². The summed E-state index contributed by atoms with van der Waals surface area (Å²) >= 11 is 1.50. The van der Waals surface area contributed by atoms with Gasteiger partial charge in [-0.15, -0.1) is 11.3 Å². The summed E-state index contributed by atoms with van der Waals surface area (Å²) < 4.78 is 0. The van der Waals surface area contributed by atoms with Gasteiger partial charge in [0.2, 0.25) is 5.91 Å². The van der Waals surface area contributed by atoms with E-state index < -0.39 is 5.41 Å². The first-order chi connectivity index (χ1) is 7.18. The molecular formula is C11H12N2OS. The minimum Gasteiger partial charge on any atom is -0.316 e. The van der Waals surface area contributed by atoms with E-state index in [9.17, 15) is 4.79 Å². The highest BCUT2D eigenvalue weighted by Crippen LogP contribution is 2.41. The zero-order valence-corrected chi connectivity index (χ0v) is 9.36.